The topological polar surface area (TPSA) is 164 Å². The number of unbranched alkanes of at least 4 members (excludes halogenated alkanes) is 3. The molecule has 3 atom stereocenters. The van der Waals surface area contributed by atoms with Gasteiger partial charge in [-0.1, -0.05) is 83.0 Å². The highest BCUT2D eigenvalue weighted by Crippen LogP contribution is 2.58. The Morgan fingerprint density at radius 3 is 2.34 bits per heavy atom. The van der Waals surface area contributed by atoms with E-state index in [0.29, 0.717) is 61.5 Å². The van der Waals surface area contributed by atoms with E-state index >= 15 is 0 Å². The van der Waals surface area contributed by atoms with Gasteiger partial charge in [0.25, 0.3) is 0 Å². The molecule has 5 aliphatic heterocycles. The third-order valence-corrected chi connectivity index (χ3v) is 18.5. The van der Waals surface area contributed by atoms with Crippen molar-refractivity contribution in [3.05, 3.63) is 159 Å². The molecule has 2 bridgehead atoms. The maximum atomic E-state index is 13.9. The highest BCUT2D eigenvalue weighted by Gasteiger charge is 2.50. The molecule has 7 aliphatic rings. The molecule has 5 aromatic rings. The molecule has 2 aliphatic carbocycles. The summed E-state index contributed by atoms with van der Waals surface area (Å²) in [7, 11) is -4.61. The fourth-order valence-corrected chi connectivity index (χ4v) is 14.2. The number of carbonyl (C=O) groups is 3. The number of alkyl halides is 3. The molecule has 4 aromatic carbocycles. The first-order chi connectivity index (χ1) is 38.1. The van der Waals surface area contributed by atoms with Crippen LogP contribution in [0.5, 0.6) is 0 Å². The van der Waals surface area contributed by atoms with E-state index in [0.717, 1.165) is 109 Å². The summed E-state index contributed by atoms with van der Waals surface area (Å²) in [5.74, 6) is 0.526. The number of nitrogens with zero attached hydrogens (tertiary/aromatic N) is 4. The van der Waals surface area contributed by atoms with Gasteiger partial charge in [0.1, 0.15) is 15.9 Å². The molecular formula is C63H64F3N6O7S-. The van der Waals surface area contributed by atoms with E-state index in [1.54, 1.807) is 41.3 Å². The molecule has 0 radical (unpaired) electrons. The zero-order chi connectivity index (χ0) is 56.0. The quantitative estimate of drug-likeness (QED) is 0.0808. The van der Waals surface area contributed by atoms with Gasteiger partial charge >= 0.3 is 12.2 Å². The normalized spacial score (nSPS) is 21.0. The molecule has 1 aromatic heterocycles. The van der Waals surface area contributed by atoms with Crippen molar-refractivity contribution in [2.45, 2.75) is 145 Å². The second kappa shape index (κ2) is 20.2. The van der Waals surface area contributed by atoms with Gasteiger partial charge in [-0.05, 0) is 144 Å². The van der Waals surface area contributed by atoms with Crippen molar-refractivity contribution in [2.24, 2.45) is 0 Å². The van der Waals surface area contributed by atoms with Crippen LogP contribution < -0.4 is 25.3 Å². The summed E-state index contributed by atoms with van der Waals surface area (Å²) in [6.07, 6.45) is 5.27. The van der Waals surface area contributed by atoms with Gasteiger partial charge in [-0.3, -0.25) is 14.5 Å². The van der Waals surface area contributed by atoms with Crippen molar-refractivity contribution in [3.63, 3.8) is 0 Å². The van der Waals surface area contributed by atoms with E-state index < -0.39 is 27.3 Å². The lowest BCUT2D eigenvalue weighted by atomic mass is 9.71. The summed E-state index contributed by atoms with van der Waals surface area (Å²) >= 11 is 0. The van der Waals surface area contributed by atoms with Gasteiger partial charge < -0.3 is 29.7 Å². The Kier molecular flexibility index (Phi) is 13.5. The first-order valence-corrected chi connectivity index (χ1v) is 29.3. The number of anilines is 4. The van der Waals surface area contributed by atoms with Crippen molar-refractivity contribution in [3.8, 4) is 11.3 Å². The minimum Gasteiger partial charge on any atom is -0.744 e. The van der Waals surface area contributed by atoms with Gasteiger partial charge in [0.05, 0.1) is 40.1 Å². The molecule has 2 N–H and O–H groups in total. The van der Waals surface area contributed by atoms with E-state index in [4.69, 9.17) is 9.72 Å². The van der Waals surface area contributed by atoms with Crippen LogP contribution in [0.4, 0.5) is 40.8 Å². The van der Waals surface area contributed by atoms with Crippen LogP contribution in [0.15, 0.2) is 130 Å². The summed E-state index contributed by atoms with van der Waals surface area (Å²) in [4.78, 5) is 50.8. The van der Waals surface area contributed by atoms with E-state index in [1.807, 2.05) is 18.2 Å². The molecule has 2 unspecified atom stereocenters. The molecule has 6 heterocycles. The van der Waals surface area contributed by atoms with E-state index in [1.165, 1.54) is 40.1 Å². The number of benzene rings is 4. The first kappa shape index (κ1) is 53.6. The van der Waals surface area contributed by atoms with Gasteiger partial charge in [0.15, 0.2) is 5.82 Å². The van der Waals surface area contributed by atoms with Crippen molar-refractivity contribution in [2.75, 3.05) is 39.7 Å². The van der Waals surface area contributed by atoms with E-state index in [9.17, 15) is 40.5 Å². The second-order valence-electron chi connectivity index (χ2n) is 23.5. The predicted octanol–water partition coefficient (Wildman–Crippen LogP) is 12.1. The van der Waals surface area contributed by atoms with Crippen LogP contribution in [0, 0.1) is 0 Å². The number of amides is 3. The monoisotopic (exact) mass is 1110 g/mol. The Morgan fingerprint density at radius 2 is 1.56 bits per heavy atom. The number of carbonyl (C=O) groups excluding carboxylic acids is 3. The Hall–Kier alpha value is -7.08. The van der Waals surface area contributed by atoms with E-state index in [-0.39, 0.29) is 46.3 Å². The Balaban J connectivity index is 0.607. The van der Waals surface area contributed by atoms with Crippen LogP contribution in [-0.2, 0) is 54.4 Å². The van der Waals surface area contributed by atoms with Crippen molar-refractivity contribution in [1.29, 1.82) is 0 Å². The molecule has 12 rings (SSSR count). The van der Waals surface area contributed by atoms with E-state index in [2.05, 4.69) is 72.4 Å². The highest BCUT2D eigenvalue weighted by molar-refractivity contribution is 7.85. The number of aromatic nitrogens is 1. The van der Waals surface area contributed by atoms with Crippen LogP contribution in [-0.4, -0.2) is 73.6 Å². The van der Waals surface area contributed by atoms with Gasteiger partial charge in [-0.25, -0.2) is 18.2 Å². The van der Waals surface area contributed by atoms with Gasteiger partial charge in [0, 0.05) is 84.5 Å². The highest BCUT2D eigenvalue weighted by atomic mass is 32.2. The minimum absolute atomic E-state index is 0.0506. The largest absolute Gasteiger partial charge is 0.744 e. The number of fused-ring (bicyclic) bond motifs is 12. The fraction of sp³-hybridized carbons (Fsp3) is 0.397. The Labute approximate surface area is 464 Å². The third kappa shape index (κ3) is 9.71. The summed E-state index contributed by atoms with van der Waals surface area (Å²) in [5.41, 5.74) is 12.3. The summed E-state index contributed by atoms with van der Waals surface area (Å²) < 4.78 is 83.7. The molecule has 13 nitrogen and oxygen atoms in total. The Bertz CT molecular complexity index is 3610. The number of halogens is 3. The number of ether oxygens (including phenoxy) is 1. The van der Waals surface area contributed by atoms with Gasteiger partial charge in [0.2, 0.25) is 5.91 Å². The SMILES string of the molecule is CC1(C)C2=C(CCC3OC4CCN5C(=C4C=C23)C(C)(C)c2cc(CC(=O)CCCCCCC(=O)NCc3ccc(NC(=O)N4c6nc(-c7cccc(C(F)(F)F)c7)ccc6N6CC[C@H]4C6)cc3)ccc25)c2ccc(S(=O)(=O)[O-])cc21. The van der Waals surface area contributed by atoms with Crippen LogP contribution in [0.2, 0.25) is 0 Å². The third-order valence-electron chi connectivity index (χ3n) is 17.6. The first-order valence-electron chi connectivity index (χ1n) is 27.9. The lowest BCUT2D eigenvalue weighted by Gasteiger charge is -2.44. The number of hydrogen-bond donors (Lipinski definition) is 2. The maximum Gasteiger partial charge on any atom is 0.416 e. The number of hydrogen-bond acceptors (Lipinski definition) is 10. The average molecular weight is 1110 g/mol. The van der Waals surface area contributed by atoms with Crippen LogP contribution in [0.1, 0.15) is 125 Å². The van der Waals surface area contributed by atoms with Crippen molar-refractivity contribution >= 4 is 56.3 Å². The smallest absolute Gasteiger partial charge is 0.416 e. The summed E-state index contributed by atoms with van der Waals surface area (Å²) in [6.45, 7) is 11.2. The fourth-order valence-electron chi connectivity index (χ4n) is 13.7. The molecule has 416 valence electrons. The summed E-state index contributed by atoms with van der Waals surface area (Å²) in [6, 6.07) is 26.5. The van der Waals surface area contributed by atoms with Crippen LogP contribution >= 0.6 is 0 Å². The number of nitrogens with one attached hydrogen (secondary N) is 2. The van der Waals surface area contributed by atoms with Crippen LogP contribution in [0.3, 0.4) is 0 Å². The number of urea groups is 1. The molecule has 0 spiro atoms. The standard InChI is InChI=1S/C63H65F3N6O7S/c1-61(2)49-33-44(80(76,77)78)19-20-45(49)46-21-25-54-47(57(46)61)34-48-55(79-54)27-29-71-52-23-16-38(31-50(52)62(3,4)58(48)71)30-43(73)12-7-5-6-8-13-56(74)67-35-37-14-17-41(18-15-37)68-60(75)72-42-26-28-70(36-42)53-24-22-51(69-59(53)72)39-10-9-11-40(32-39)63(64,65)66/h9-11,14-20,22-24,31-34,42,54-55H,5-8,12-13,21,25-30,35-36H2,1-4H3,(H,67,74)(H,68,75)(H,76,77,78)/p-1/t42-,54?,55?/m0/s1. The summed E-state index contributed by atoms with van der Waals surface area (Å²) in [5, 5.41) is 5.96. The maximum absolute atomic E-state index is 13.9. The number of Topliss-reactive ketones (excluding diaryl/α,β-unsaturated/α-hetero) is 1. The molecule has 1 fully saturated rings. The number of ketones is 1. The molecule has 0 saturated carbocycles. The van der Waals surface area contributed by atoms with Crippen molar-refractivity contribution < 1.29 is 45.3 Å². The number of pyridine rings is 1. The zero-order valence-corrected chi connectivity index (χ0v) is 46.2. The lowest BCUT2D eigenvalue weighted by Crippen LogP contribution is -2.48. The second-order valence-corrected chi connectivity index (χ2v) is 24.9. The van der Waals surface area contributed by atoms with Crippen LogP contribution in [0.25, 0.3) is 16.8 Å². The zero-order valence-electron chi connectivity index (χ0n) is 45.3. The van der Waals surface area contributed by atoms with Gasteiger partial charge in [-0.2, -0.15) is 13.2 Å². The molecule has 3 amide bonds. The average Bonchev–Trinajstić information content (AvgIpc) is 4.22. The van der Waals surface area contributed by atoms with Crippen molar-refractivity contribution in [1.82, 2.24) is 10.3 Å². The Morgan fingerprint density at radius 1 is 0.800 bits per heavy atom. The molecule has 1 saturated heterocycles. The number of allylic oxidation sites excluding steroid dienone is 2. The number of rotatable bonds is 14. The molecule has 80 heavy (non-hydrogen) atoms. The van der Waals surface area contributed by atoms with Gasteiger partial charge in [-0.15, -0.1) is 0 Å². The lowest BCUT2D eigenvalue weighted by molar-refractivity contribution is -0.137. The minimum atomic E-state index is -4.61. The molecule has 17 heteroatoms. The predicted molar refractivity (Wildman–Crippen MR) is 300 cm³/mol. The molecular weight excluding hydrogens is 1040 g/mol.